The van der Waals surface area contributed by atoms with Gasteiger partial charge < -0.3 is 4.57 Å². The number of hydrogen-bond acceptors (Lipinski definition) is 4. The van der Waals surface area contributed by atoms with Crippen molar-refractivity contribution in [3.05, 3.63) is 170 Å². The van der Waals surface area contributed by atoms with Gasteiger partial charge in [-0.2, -0.15) is 0 Å². The van der Waals surface area contributed by atoms with E-state index in [2.05, 4.69) is 138 Å². The van der Waals surface area contributed by atoms with Crippen LogP contribution in [0.5, 0.6) is 0 Å². The molecule has 10 aromatic rings. The van der Waals surface area contributed by atoms with Gasteiger partial charge in [-0.05, 0) is 35.4 Å². The highest BCUT2D eigenvalue weighted by atomic mass is 32.1. The summed E-state index contributed by atoms with van der Waals surface area (Å²) in [6.07, 6.45) is 0. The van der Waals surface area contributed by atoms with Gasteiger partial charge >= 0.3 is 0 Å². The molecule has 0 saturated heterocycles. The molecule has 5 heteroatoms. The Morgan fingerprint density at radius 3 is 1.64 bits per heavy atom. The first-order valence-electron chi connectivity index (χ1n) is 16.7. The third-order valence-corrected chi connectivity index (χ3v) is 10.7. The van der Waals surface area contributed by atoms with Crippen molar-refractivity contribution in [1.82, 2.24) is 19.5 Å². The quantitative estimate of drug-likeness (QED) is 0.185. The highest BCUT2D eigenvalue weighted by Gasteiger charge is 2.24. The molecular weight excluding hydrogens is 629 g/mol. The molecule has 234 valence electrons. The molecule has 0 aliphatic heterocycles. The first-order chi connectivity index (χ1) is 24.8. The minimum absolute atomic E-state index is 0.636. The predicted octanol–water partition coefficient (Wildman–Crippen LogP) is 12.0. The van der Waals surface area contributed by atoms with Crippen LogP contribution < -0.4 is 0 Å². The molecule has 0 spiro atoms. The monoisotopic (exact) mass is 656 g/mol. The second-order valence-electron chi connectivity index (χ2n) is 12.4. The van der Waals surface area contributed by atoms with Crippen LogP contribution in [0.4, 0.5) is 0 Å². The molecular formula is C45H28N4S. The van der Waals surface area contributed by atoms with Gasteiger partial charge in [-0.3, -0.25) is 0 Å². The number of thiophene rings is 1. The summed E-state index contributed by atoms with van der Waals surface area (Å²) in [5, 5.41) is 4.90. The smallest absolute Gasteiger partial charge is 0.166 e. The van der Waals surface area contributed by atoms with E-state index in [4.69, 9.17) is 15.0 Å². The Hall–Kier alpha value is -6.43. The molecule has 0 unspecified atom stereocenters. The van der Waals surface area contributed by atoms with Crippen LogP contribution in [-0.4, -0.2) is 19.5 Å². The van der Waals surface area contributed by atoms with Gasteiger partial charge in [-0.15, -0.1) is 11.3 Å². The summed E-state index contributed by atoms with van der Waals surface area (Å²) in [6, 6.07) is 59.6. The second kappa shape index (κ2) is 11.6. The summed E-state index contributed by atoms with van der Waals surface area (Å²) in [5.74, 6) is 1.92. The van der Waals surface area contributed by atoms with E-state index in [9.17, 15) is 0 Å². The fourth-order valence-electron chi connectivity index (χ4n) is 7.22. The lowest BCUT2D eigenvalue weighted by Crippen LogP contribution is -2.04. The van der Waals surface area contributed by atoms with Crippen molar-refractivity contribution in [2.75, 3.05) is 0 Å². The first kappa shape index (κ1) is 28.6. The van der Waals surface area contributed by atoms with Crippen molar-refractivity contribution < 1.29 is 0 Å². The van der Waals surface area contributed by atoms with Crippen molar-refractivity contribution in [1.29, 1.82) is 0 Å². The molecule has 0 fully saturated rings. The summed E-state index contributed by atoms with van der Waals surface area (Å²) in [6.45, 7) is 0. The maximum atomic E-state index is 5.23. The van der Waals surface area contributed by atoms with E-state index in [-0.39, 0.29) is 0 Å². The fraction of sp³-hybridized carbons (Fsp3) is 0. The molecule has 0 N–H and O–H groups in total. The Kier molecular flexibility index (Phi) is 6.64. The average Bonchev–Trinajstić information content (AvgIpc) is 3.74. The molecule has 3 aromatic heterocycles. The van der Waals surface area contributed by atoms with Crippen LogP contribution in [0.3, 0.4) is 0 Å². The Labute approximate surface area is 292 Å². The van der Waals surface area contributed by atoms with E-state index in [1.165, 1.54) is 42.1 Å². The summed E-state index contributed by atoms with van der Waals surface area (Å²) in [4.78, 5) is 15.5. The molecule has 0 bridgehead atoms. The molecule has 0 aliphatic rings. The Balaban J connectivity index is 1.35. The summed E-state index contributed by atoms with van der Waals surface area (Å²) in [5.41, 5.74) is 8.60. The van der Waals surface area contributed by atoms with Gasteiger partial charge in [0.1, 0.15) is 0 Å². The minimum Gasteiger partial charge on any atom is -0.307 e. The van der Waals surface area contributed by atoms with Crippen molar-refractivity contribution in [3.8, 4) is 51.0 Å². The number of hydrogen-bond donors (Lipinski definition) is 0. The molecule has 0 saturated carbocycles. The standard InChI is InChI=1S/C45H28N4S/c1-4-15-29(16-5-1)32-23-14-25-38-40(32)35-22-10-12-24-37(35)49(38)41-36(28-27-34-33-21-11-13-26-39(33)50-42(34)41)45-47-43(30-17-6-2-7-18-30)46-44(48-45)31-19-8-3-9-20-31/h1-28H. The maximum absolute atomic E-state index is 5.23. The van der Waals surface area contributed by atoms with E-state index in [1.807, 2.05) is 47.7 Å². The highest BCUT2D eigenvalue weighted by Crippen LogP contribution is 2.46. The summed E-state index contributed by atoms with van der Waals surface area (Å²) >= 11 is 1.82. The van der Waals surface area contributed by atoms with Crippen molar-refractivity contribution in [2.45, 2.75) is 0 Å². The number of nitrogens with zero attached hydrogens (tertiary/aromatic N) is 4. The molecule has 4 nitrogen and oxygen atoms in total. The fourth-order valence-corrected chi connectivity index (χ4v) is 8.46. The molecule has 3 heterocycles. The van der Waals surface area contributed by atoms with Crippen LogP contribution in [0.2, 0.25) is 0 Å². The third-order valence-electron chi connectivity index (χ3n) is 9.47. The van der Waals surface area contributed by atoms with Crippen LogP contribution >= 0.6 is 11.3 Å². The van der Waals surface area contributed by atoms with E-state index >= 15 is 0 Å². The number of benzene rings is 7. The van der Waals surface area contributed by atoms with Gasteiger partial charge in [-0.25, -0.2) is 15.0 Å². The van der Waals surface area contributed by atoms with Gasteiger partial charge in [0, 0.05) is 42.9 Å². The Bertz CT molecular complexity index is 2800. The minimum atomic E-state index is 0.636. The molecule has 50 heavy (non-hydrogen) atoms. The zero-order valence-corrected chi connectivity index (χ0v) is 27.7. The molecule has 0 radical (unpaired) electrons. The zero-order valence-electron chi connectivity index (χ0n) is 26.9. The van der Waals surface area contributed by atoms with Gasteiger partial charge in [-0.1, -0.05) is 146 Å². The Morgan fingerprint density at radius 1 is 0.380 bits per heavy atom. The van der Waals surface area contributed by atoms with Crippen molar-refractivity contribution >= 4 is 53.3 Å². The van der Waals surface area contributed by atoms with Crippen molar-refractivity contribution in [3.63, 3.8) is 0 Å². The van der Waals surface area contributed by atoms with Gasteiger partial charge in [0.15, 0.2) is 17.5 Å². The van der Waals surface area contributed by atoms with Crippen LogP contribution in [-0.2, 0) is 0 Å². The van der Waals surface area contributed by atoms with Crippen LogP contribution in [0, 0.1) is 0 Å². The van der Waals surface area contributed by atoms with Crippen LogP contribution in [0.25, 0.3) is 93.0 Å². The SMILES string of the molecule is c1ccc(-c2nc(-c3ccccc3)nc(-c3ccc4c(sc5ccccc54)c3-n3c4ccccc4c4c(-c5ccccc5)cccc43)n2)cc1. The molecule has 0 amide bonds. The topological polar surface area (TPSA) is 43.6 Å². The van der Waals surface area contributed by atoms with Crippen molar-refractivity contribution in [2.24, 2.45) is 0 Å². The van der Waals surface area contributed by atoms with E-state index in [0.29, 0.717) is 17.5 Å². The van der Waals surface area contributed by atoms with Crippen LogP contribution in [0.15, 0.2) is 170 Å². The number of fused-ring (bicyclic) bond motifs is 6. The molecule has 7 aromatic carbocycles. The zero-order chi connectivity index (χ0) is 33.0. The van der Waals surface area contributed by atoms with E-state index in [1.54, 1.807) is 0 Å². The normalized spacial score (nSPS) is 11.6. The molecule has 0 aliphatic carbocycles. The maximum Gasteiger partial charge on any atom is 0.166 e. The Morgan fingerprint density at radius 2 is 0.940 bits per heavy atom. The van der Waals surface area contributed by atoms with Gasteiger partial charge in [0.2, 0.25) is 0 Å². The average molecular weight is 657 g/mol. The lowest BCUT2D eigenvalue weighted by atomic mass is 9.99. The highest BCUT2D eigenvalue weighted by molar-refractivity contribution is 7.26. The van der Waals surface area contributed by atoms with Crippen LogP contribution in [0.1, 0.15) is 0 Å². The molecule has 0 atom stereocenters. The summed E-state index contributed by atoms with van der Waals surface area (Å²) in [7, 11) is 0. The molecule has 10 rings (SSSR count). The lowest BCUT2D eigenvalue weighted by molar-refractivity contribution is 1.07. The number of aromatic nitrogens is 4. The number of rotatable bonds is 5. The largest absolute Gasteiger partial charge is 0.307 e. The summed E-state index contributed by atoms with van der Waals surface area (Å²) < 4.78 is 4.88. The van der Waals surface area contributed by atoms with Gasteiger partial charge in [0.25, 0.3) is 0 Å². The predicted molar refractivity (Wildman–Crippen MR) is 209 cm³/mol. The lowest BCUT2D eigenvalue weighted by Gasteiger charge is -2.16. The van der Waals surface area contributed by atoms with E-state index in [0.717, 1.165) is 33.4 Å². The van der Waals surface area contributed by atoms with Gasteiger partial charge in [0.05, 0.1) is 21.4 Å². The first-order valence-corrected chi connectivity index (χ1v) is 17.5. The van der Waals surface area contributed by atoms with E-state index < -0.39 is 0 Å². The third kappa shape index (κ3) is 4.55. The number of para-hydroxylation sites is 1. The second-order valence-corrected chi connectivity index (χ2v) is 13.4.